The van der Waals surface area contributed by atoms with Gasteiger partial charge in [0.1, 0.15) is 5.69 Å². The third-order valence-electron chi connectivity index (χ3n) is 5.75. The molecule has 0 saturated heterocycles. The highest BCUT2D eigenvalue weighted by Crippen LogP contribution is 2.35. The first kappa shape index (κ1) is 24.9. The maximum atomic E-state index is 12.6. The number of aromatic nitrogens is 3. The van der Waals surface area contributed by atoms with Gasteiger partial charge in [0.15, 0.2) is 0 Å². The van der Waals surface area contributed by atoms with Crippen molar-refractivity contribution in [1.82, 2.24) is 15.2 Å². The van der Waals surface area contributed by atoms with Gasteiger partial charge in [0.25, 0.3) is 12.3 Å². The Morgan fingerprint density at radius 2 is 1.64 bits per heavy atom. The molecule has 2 aromatic heterocycles. The minimum absolute atomic E-state index is 0.232. The molecule has 0 spiro atoms. The Balaban J connectivity index is 0.000000442. The molecule has 2 heterocycles. The summed E-state index contributed by atoms with van der Waals surface area (Å²) in [5.41, 5.74) is 3.70. The molecule has 180 valence electrons. The molecule has 1 aliphatic rings. The summed E-state index contributed by atoms with van der Waals surface area (Å²) in [5.74, 6) is 0.323. The molecule has 0 unspecified atom stereocenters. The van der Waals surface area contributed by atoms with Crippen LogP contribution in [0.15, 0.2) is 22.6 Å². The molecule has 1 aromatic carbocycles. The standard InChI is InChI=1S/C19H23F2N5O.C6H12/c1-10-6-14(17-25-26-18(22-5)27-17)24-16-12(10)7-11(23-9-15(20)21)8-13(16)19(2,3)4;1-2-4-6-5-3-1/h6-8,15,23H,9H2,1-5H3,(H,22,26);1-6H2. The number of hydrogen-bond acceptors (Lipinski definition) is 6. The number of alkyl halides is 2. The molecule has 0 aliphatic heterocycles. The summed E-state index contributed by atoms with van der Waals surface area (Å²) in [5, 5.41) is 14.4. The van der Waals surface area contributed by atoms with Crippen LogP contribution in [0.1, 0.15) is 70.4 Å². The molecule has 1 saturated carbocycles. The highest BCUT2D eigenvalue weighted by Gasteiger charge is 2.22. The maximum Gasteiger partial charge on any atom is 0.315 e. The number of aryl methyl sites for hydroxylation is 1. The van der Waals surface area contributed by atoms with E-state index in [1.54, 1.807) is 7.05 Å². The zero-order valence-electron chi connectivity index (χ0n) is 20.3. The van der Waals surface area contributed by atoms with Gasteiger partial charge in [0.2, 0.25) is 0 Å². The van der Waals surface area contributed by atoms with E-state index in [1.807, 2.05) is 25.1 Å². The largest absolute Gasteiger partial charge is 0.402 e. The molecule has 6 nitrogen and oxygen atoms in total. The first-order valence-corrected chi connectivity index (χ1v) is 11.7. The summed E-state index contributed by atoms with van der Waals surface area (Å²) in [6.07, 6.45) is 6.58. The molecule has 0 atom stereocenters. The number of nitrogens with zero attached hydrogens (tertiary/aromatic N) is 3. The van der Waals surface area contributed by atoms with Crippen molar-refractivity contribution in [3.8, 4) is 11.6 Å². The molecule has 1 aliphatic carbocycles. The normalized spacial score (nSPS) is 14.2. The molecular formula is C25H35F2N5O. The fourth-order valence-corrected chi connectivity index (χ4v) is 3.96. The van der Waals surface area contributed by atoms with Crippen LogP contribution in [0.2, 0.25) is 0 Å². The number of benzene rings is 1. The summed E-state index contributed by atoms with van der Waals surface area (Å²) in [7, 11) is 1.70. The van der Waals surface area contributed by atoms with Gasteiger partial charge < -0.3 is 15.1 Å². The lowest BCUT2D eigenvalue weighted by Gasteiger charge is -2.23. The van der Waals surface area contributed by atoms with Crippen LogP contribution in [0.4, 0.5) is 20.5 Å². The topological polar surface area (TPSA) is 75.9 Å². The van der Waals surface area contributed by atoms with Crippen molar-refractivity contribution in [3.05, 3.63) is 29.3 Å². The average molecular weight is 460 g/mol. The Hall–Kier alpha value is -2.77. The SMILES string of the molecule is C1CCCCC1.CNc1nnc(-c2cc(C)c3cc(NCC(F)F)cc(C(C)(C)C)c3n2)o1. The van der Waals surface area contributed by atoms with Crippen LogP contribution in [-0.2, 0) is 5.41 Å². The van der Waals surface area contributed by atoms with E-state index < -0.39 is 13.0 Å². The maximum absolute atomic E-state index is 12.6. The van der Waals surface area contributed by atoms with Crippen LogP contribution in [0.25, 0.3) is 22.5 Å². The summed E-state index contributed by atoms with van der Waals surface area (Å²) >= 11 is 0. The Kier molecular flexibility index (Phi) is 8.21. The number of halogens is 2. The average Bonchev–Trinajstić information content (AvgIpc) is 3.28. The van der Waals surface area contributed by atoms with E-state index in [2.05, 4.69) is 41.6 Å². The molecule has 2 N–H and O–H groups in total. The van der Waals surface area contributed by atoms with Crippen molar-refractivity contribution < 1.29 is 13.2 Å². The highest BCUT2D eigenvalue weighted by molar-refractivity contribution is 5.90. The Morgan fingerprint density at radius 3 is 2.15 bits per heavy atom. The van der Waals surface area contributed by atoms with Crippen molar-refractivity contribution >= 4 is 22.6 Å². The summed E-state index contributed by atoms with van der Waals surface area (Å²) < 4.78 is 30.8. The summed E-state index contributed by atoms with van der Waals surface area (Å²) in [4.78, 5) is 4.76. The van der Waals surface area contributed by atoms with Crippen LogP contribution in [0.3, 0.4) is 0 Å². The van der Waals surface area contributed by atoms with Crippen molar-refractivity contribution in [2.24, 2.45) is 0 Å². The van der Waals surface area contributed by atoms with Crippen LogP contribution in [0, 0.1) is 6.92 Å². The van der Waals surface area contributed by atoms with E-state index in [0.717, 1.165) is 22.0 Å². The molecule has 0 bridgehead atoms. The third-order valence-corrected chi connectivity index (χ3v) is 5.75. The molecule has 3 aromatic rings. The number of anilines is 2. The first-order chi connectivity index (χ1) is 15.7. The Morgan fingerprint density at radius 1 is 1.00 bits per heavy atom. The molecule has 4 rings (SSSR count). The number of pyridine rings is 1. The number of rotatable bonds is 5. The van der Waals surface area contributed by atoms with Gasteiger partial charge >= 0.3 is 6.01 Å². The monoisotopic (exact) mass is 459 g/mol. The van der Waals surface area contributed by atoms with E-state index in [1.165, 1.54) is 38.5 Å². The molecule has 33 heavy (non-hydrogen) atoms. The second-order valence-corrected chi connectivity index (χ2v) is 9.55. The van der Waals surface area contributed by atoms with Gasteiger partial charge in [0, 0.05) is 18.1 Å². The summed E-state index contributed by atoms with van der Waals surface area (Å²) in [6, 6.07) is 5.91. The second-order valence-electron chi connectivity index (χ2n) is 9.55. The minimum Gasteiger partial charge on any atom is -0.402 e. The van der Waals surface area contributed by atoms with Gasteiger partial charge in [-0.3, -0.25) is 0 Å². The van der Waals surface area contributed by atoms with Crippen LogP contribution >= 0.6 is 0 Å². The lowest BCUT2D eigenvalue weighted by atomic mass is 9.84. The first-order valence-electron chi connectivity index (χ1n) is 11.7. The van der Waals surface area contributed by atoms with Crippen LogP contribution in [-0.4, -0.2) is 35.2 Å². The number of nitrogens with one attached hydrogen (secondary N) is 2. The third kappa shape index (κ3) is 6.62. The van der Waals surface area contributed by atoms with Crippen molar-refractivity contribution in [2.45, 2.75) is 78.1 Å². The van der Waals surface area contributed by atoms with E-state index >= 15 is 0 Å². The van der Waals surface area contributed by atoms with Crippen LogP contribution < -0.4 is 10.6 Å². The molecule has 0 radical (unpaired) electrons. The smallest absolute Gasteiger partial charge is 0.315 e. The van der Waals surface area contributed by atoms with Gasteiger partial charge in [-0.15, -0.1) is 5.10 Å². The van der Waals surface area contributed by atoms with Gasteiger partial charge in [-0.1, -0.05) is 64.4 Å². The van der Waals surface area contributed by atoms with Gasteiger partial charge in [-0.2, -0.15) is 0 Å². The Bertz CT molecular complexity index is 1040. The summed E-state index contributed by atoms with van der Waals surface area (Å²) in [6.45, 7) is 7.75. The highest BCUT2D eigenvalue weighted by atomic mass is 19.3. The van der Waals surface area contributed by atoms with E-state index in [0.29, 0.717) is 23.3 Å². The molecular weight excluding hydrogens is 424 g/mol. The predicted octanol–water partition coefficient (Wildman–Crippen LogP) is 6.95. The van der Waals surface area contributed by atoms with E-state index in [4.69, 9.17) is 9.40 Å². The lowest BCUT2D eigenvalue weighted by molar-refractivity contribution is 0.163. The Labute approximate surface area is 194 Å². The molecule has 0 amide bonds. The van der Waals surface area contributed by atoms with Gasteiger partial charge in [-0.05, 0) is 41.7 Å². The quantitative estimate of drug-likeness (QED) is 0.430. The van der Waals surface area contributed by atoms with Gasteiger partial charge in [0.05, 0.1) is 12.1 Å². The minimum atomic E-state index is -2.42. The van der Waals surface area contributed by atoms with Crippen molar-refractivity contribution in [2.75, 3.05) is 24.2 Å². The van der Waals surface area contributed by atoms with E-state index in [9.17, 15) is 8.78 Å². The van der Waals surface area contributed by atoms with Crippen molar-refractivity contribution in [3.63, 3.8) is 0 Å². The lowest BCUT2D eigenvalue weighted by Crippen LogP contribution is -2.15. The zero-order valence-corrected chi connectivity index (χ0v) is 20.3. The molecule has 8 heteroatoms. The van der Waals surface area contributed by atoms with Gasteiger partial charge in [-0.25, -0.2) is 13.8 Å². The zero-order chi connectivity index (χ0) is 24.0. The van der Waals surface area contributed by atoms with E-state index in [-0.39, 0.29) is 5.41 Å². The number of hydrogen-bond donors (Lipinski definition) is 2. The molecule has 1 fully saturated rings. The predicted molar refractivity (Wildman–Crippen MR) is 130 cm³/mol. The number of fused-ring (bicyclic) bond motifs is 1. The van der Waals surface area contributed by atoms with Crippen molar-refractivity contribution in [1.29, 1.82) is 0 Å². The second kappa shape index (κ2) is 10.9. The fraction of sp³-hybridized carbons (Fsp3) is 0.560. The fourth-order valence-electron chi connectivity index (χ4n) is 3.96. The van der Waals surface area contributed by atoms with Crippen LogP contribution in [0.5, 0.6) is 0 Å².